The van der Waals surface area contributed by atoms with E-state index >= 15 is 0 Å². The predicted molar refractivity (Wildman–Crippen MR) is 111 cm³/mol. The molecule has 0 aliphatic rings. The molecule has 0 saturated carbocycles. The summed E-state index contributed by atoms with van der Waals surface area (Å²) in [5, 5.41) is 4.88. The Labute approximate surface area is 167 Å². The molecule has 0 saturated heterocycles. The van der Waals surface area contributed by atoms with Crippen LogP contribution in [0.4, 0.5) is 0 Å². The van der Waals surface area contributed by atoms with Crippen LogP contribution in [0.1, 0.15) is 28.4 Å². The summed E-state index contributed by atoms with van der Waals surface area (Å²) in [5.74, 6) is 0.586. The highest BCUT2D eigenvalue weighted by Crippen LogP contribution is 2.24. The fraction of sp³-hybridized carbons (Fsp3) is 0.0952. The van der Waals surface area contributed by atoms with Crippen molar-refractivity contribution in [3.8, 4) is 0 Å². The summed E-state index contributed by atoms with van der Waals surface area (Å²) in [6.45, 7) is 1.84. The standard InChI is InChI=1S/C21H18ClN3OS/c1-15(17-10-12-23-13-11-17)24-25-21(26)18-4-2-16(3-5-18)14-27-20-8-6-19(22)7-9-20/h2-13H,14H2,1H3,(H,25,26)/b24-15+. The number of carbonyl (C=O) groups excluding carboxylic acids is 1. The molecule has 1 aromatic heterocycles. The van der Waals surface area contributed by atoms with Gasteiger partial charge in [0, 0.05) is 39.2 Å². The number of rotatable bonds is 6. The molecule has 0 fully saturated rings. The Kier molecular flexibility index (Phi) is 6.63. The highest BCUT2D eigenvalue weighted by Gasteiger charge is 2.05. The quantitative estimate of drug-likeness (QED) is 0.355. The lowest BCUT2D eigenvalue weighted by molar-refractivity contribution is 0.0955. The van der Waals surface area contributed by atoms with Crippen molar-refractivity contribution in [3.63, 3.8) is 0 Å². The van der Waals surface area contributed by atoms with E-state index in [9.17, 15) is 4.79 Å². The van der Waals surface area contributed by atoms with Crippen molar-refractivity contribution in [3.05, 3.63) is 94.8 Å². The van der Waals surface area contributed by atoms with E-state index in [0.29, 0.717) is 5.56 Å². The first kappa shape index (κ1) is 19.1. The maximum absolute atomic E-state index is 12.3. The predicted octanol–water partition coefficient (Wildman–Crippen LogP) is 5.18. The minimum absolute atomic E-state index is 0.236. The number of hydrogen-bond acceptors (Lipinski definition) is 4. The highest BCUT2D eigenvalue weighted by molar-refractivity contribution is 7.98. The van der Waals surface area contributed by atoms with Gasteiger partial charge in [-0.25, -0.2) is 5.43 Å². The third kappa shape index (κ3) is 5.67. The summed E-state index contributed by atoms with van der Waals surface area (Å²) in [6.07, 6.45) is 3.38. The van der Waals surface area contributed by atoms with Gasteiger partial charge in [0.1, 0.15) is 0 Å². The monoisotopic (exact) mass is 395 g/mol. The number of hydrogen-bond donors (Lipinski definition) is 1. The van der Waals surface area contributed by atoms with Crippen LogP contribution < -0.4 is 5.43 Å². The van der Waals surface area contributed by atoms with Crippen molar-refractivity contribution in [1.82, 2.24) is 10.4 Å². The van der Waals surface area contributed by atoms with Gasteiger partial charge in [-0.15, -0.1) is 11.8 Å². The minimum Gasteiger partial charge on any atom is -0.267 e. The van der Waals surface area contributed by atoms with E-state index in [1.165, 1.54) is 0 Å². The van der Waals surface area contributed by atoms with Crippen molar-refractivity contribution in [2.24, 2.45) is 5.10 Å². The van der Waals surface area contributed by atoms with E-state index in [4.69, 9.17) is 11.6 Å². The molecule has 3 aromatic rings. The topological polar surface area (TPSA) is 54.4 Å². The second kappa shape index (κ2) is 9.35. The van der Waals surface area contributed by atoms with Crippen LogP contribution in [-0.4, -0.2) is 16.6 Å². The van der Waals surface area contributed by atoms with Crippen molar-refractivity contribution in [1.29, 1.82) is 0 Å². The summed E-state index contributed by atoms with van der Waals surface area (Å²) in [7, 11) is 0. The first-order valence-corrected chi connectivity index (χ1v) is 9.70. The average Bonchev–Trinajstić information content (AvgIpc) is 2.72. The summed E-state index contributed by atoms with van der Waals surface area (Å²) < 4.78 is 0. The van der Waals surface area contributed by atoms with Crippen molar-refractivity contribution < 1.29 is 4.79 Å². The van der Waals surface area contributed by atoms with Gasteiger partial charge < -0.3 is 0 Å². The van der Waals surface area contributed by atoms with Crippen LogP contribution in [0.15, 0.2) is 83.1 Å². The zero-order valence-corrected chi connectivity index (χ0v) is 16.3. The zero-order valence-electron chi connectivity index (χ0n) is 14.7. The van der Waals surface area contributed by atoms with E-state index < -0.39 is 0 Å². The van der Waals surface area contributed by atoms with Gasteiger partial charge in [-0.05, 0) is 61.0 Å². The van der Waals surface area contributed by atoms with Gasteiger partial charge in [0.15, 0.2) is 0 Å². The number of halogens is 1. The van der Waals surface area contributed by atoms with Gasteiger partial charge in [0.2, 0.25) is 0 Å². The summed E-state index contributed by atoms with van der Waals surface area (Å²) in [4.78, 5) is 17.4. The number of hydrazone groups is 1. The van der Waals surface area contributed by atoms with Gasteiger partial charge in [-0.1, -0.05) is 23.7 Å². The summed E-state index contributed by atoms with van der Waals surface area (Å²) in [6, 6.07) is 19.0. The summed E-state index contributed by atoms with van der Waals surface area (Å²) >= 11 is 7.62. The molecule has 0 aliphatic carbocycles. The van der Waals surface area contributed by atoms with Crippen LogP contribution in [0, 0.1) is 0 Å². The van der Waals surface area contributed by atoms with Gasteiger partial charge in [0.05, 0.1) is 5.71 Å². The normalized spacial score (nSPS) is 11.3. The number of pyridine rings is 1. The number of nitrogens with zero attached hydrogens (tertiary/aromatic N) is 2. The molecule has 4 nitrogen and oxygen atoms in total. The van der Waals surface area contributed by atoms with Crippen LogP contribution in [0.5, 0.6) is 0 Å². The zero-order chi connectivity index (χ0) is 19.1. The van der Waals surface area contributed by atoms with E-state index in [1.807, 2.05) is 67.6 Å². The van der Waals surface area contributed by atoms with Gasteiger partial charge >= 0.3 is 0 Å². The second-order valence-corrected chi connectivity index (χ2v) is 7.30. The molecule has 1 amide bonds. The van der Waals surface area contributed by atoms with Crippen LogP contribution in [0.2, 0.25) is 5.02 Å². The Morgan fingerprint density at radius 3 is 2.33 bits per heavy atom. The molecular formula is C21H18ClN3OS. The van der Waals surface area contributed by atoms with E-state index in [0.717, 1.165) is 32.5 Å². The molecule has 0 spiro atoms. The number of amides is 1. The molecule has 1 N–H and O–H groups in total. The van der Waals surface area contributed by atoms with Gasteiger partial charge in [0.25, 0.3) is 5.91 Å². The van der Waals surface area contributed by atoms with Crippen LogP contribution in [0.3, 0.4) is 0 Å². The highest BCUT2D eigenvalue weighted by atomic mass is 35.5. The van der Waals surface area contributed by atoms with Crippen LogP contribution in [0.25, 0.3) is 0 Å². The smallest absolute Gasteiger partial charge is 0.267 e. The largest absolute Gasteiger partial charge is 0.271 e. The first-order valence-electron chi connectivity index (χ1n) is 8.34. The molecule has 27 heavy (non-hydrogen) atoms. The molecule has 0 atom stereocenters. The lowest BCUT2D eigenvalue weighted by Crippen LogP contribution is -2.19. The lowest BCUT2D eigenvalue weighted by atomic mass is 10.1. The molecule has 0 unspecified atom stereocenters. The Morgan fingerprint density at radius 1 is 1.00 bits per heavy atom. The number of nitrogens with one attached hydrogen (secondary N) is 1. The van der Waals surface area contributed by atoms with Crippen LogP contribution >= 0.6 is 23.4 Å². The van der Waals surface area contributed by atoms with Gasteiger partial charge in [-0.3, -0.25) is 9.78 Å². The SMILES string of the molecule is C/C(=N\NC(=O)c1ccc(CSc2ccc(Cl)cc2)cc1)c1ccncc1. The van der Waals surface area contributed by atoms with Crippen molar-refractivity contribution in [2.75, 3.05) is 0 Å². The number of aromatic nitrogens is 1. The minimum atomic E-state index is -0.236. The first-order chi connectivity index (χ1) is 13.1. The molecule has 1 heterocycles. The molecule has 0 bridgehead atoms. The third-order valence-corrected chi connectivity index (χ3v) is 5.19. The molecule has 3 rings (SSSR count). The van der Waals surface area contributed by atoms with E-state index in [2.05, 4.69) is 15.5 Å². The number of thioether (sulfide) groups is 1. The van der Waals surface area contributed by atoms with Crippen molar-refractivity contribution in [2.45, 2.75) is 17.6 Å². The third-order valence-electron chi connectivity index (χ3n) is 3.86. The Hall–Kier alpha value is -2.63. The molecule has 6 heteroatoms. The fourth-order valence-corrected chi connectivity index (χ4v) is 3.29. The number of benzene rings is 2. The maximum atomic E-state index is 12.3. The average molecular weight is 396 g/mol. The Morgan fingerprint density at radius 2 is 1.67 bits per heavy atom. The maximum Gasteiger partial charge on any atom is 0.271 e. The van der Waals surface area contributed by atoms with Crippen molar-refractivity contribution >= 4 is 35.0 Å². The molecular weight excluding hydrogens is 378 g/mol. The molecule has 0 radical (unpaired) electrons. The van der Waals surface area contributed by atoms with E-state index in [1.54, 1.807) is 24.2 Å². The van der Waals surface area contributed by atoms with Crippen LogP contribution in [-0.2, 0) is 5.75 Å². The molecule has 0 aliphatic heterocycles. The lowest BCUT2D eigenvalue weighted by Gasteiger charge is -2.05. The Bertz CT molecular complexity index is 926. The van der Waals surface area contributed by atoms with E-state index in [-0.39, 0.29) is 5.91 Å². The summed E-state index contributed by atoms with van der Waals surface area (Å²) in [5.41, 5.74) is 5.94. The number of carbonyl (C=O) groups is 1. The fourth-order valence-electron chi connectivity index (χ4n) is 2.31. The second-order valence-electron chi connectivity index (χ2n) is 5.81. The molecule has 136 valence electrons. The van der Waals surface area contributed by atoms with Gasteiger partial charge in [-0.2, -0.15) is 5.10 Å². The molecule has 2 aromatic carbocycles. The Balaban J connectivity index is 1.56.